The smallest absolute Gasteiger partial charge is 0.292 e. The maximum Gasteiger partial charge on any atom is 0.292 e. The van der Waals surface area contributed by atoms with Crippen LogP contribution in [0.2, 0.25) is 0 Å². The molecule has 0 radical (unpaired) electrons. The van der Waals surface area contributed by atoms with E-state index in [0.29, 0.717) is 24.5 Å². The summed E-state index contributed by atoms with van der Waals surface area (Å²) in [4.78, 5) is 12.7. The van der Waals surface area contributed by atoms with Gasteiger partial charge in [-0.2, -0.15) is 4.31 Å². The van der Waals surface area contributed by atoms with Crippen LogP contribution in [0, 0.1) is 24.0 Å². The van der Waals surface area contributed by atoms with Crippen LogP contribution in [0.15, 0.2) is 33.7 Å². The Morgan fingerprint density at radius 3 is 2.36 bits per heavy atom. The third-order valence-corrected chi connectivity index (χ3v) is 6.37. The number of rotatable bonds is 4. The first-order valence-corrected chi connectivity index (χ1v) is 9.18. The molecular formula is C15H18N4O5S. The molecule has 10 heteroatoms. The number of nitro benzene ring substituents is 1. The fourth-order valence-corrected chi connectivity index (χ4v) is 4.74. The van der Waals surface area contributed by atoms with Crippen LogP contribution in [-0.4, -0.2) is 49.0 Å². The Labute approximate surface area is 145 Å². The number of anilines is 1. The summed E-state index contributed by atoms with van der Waals surface area (Å²) in [6.07, 6.45) is 0. The standard InChI is InChI=1S/C15H18N4O5S/c1-11-15(12(2)24-16-11)25(22,23)18-9-7-17(8-10-18)13-5-3-4-6-14(13)19(20)21/h3-6H,7-10H2,1-2H3. The van der Waals surface area contributed by atoms with E-state index < -0.39 is 14.9 Å². The van der Waals surface area contributed by atoms with Crippen molar-refractivity contribution in [2.45, 2.75) is 18.7 Å². The number of nitrogens with zero attached hydrogens (tertiary/aromatic N) is 4. The first kappa shape index (κ1) is 17.4. The zero-order chi connectivity index (χ0) is 18.2. The highest BCUT2D eigenvalue weighted by Crippen LogP contribution is 2.30. The SMILES string of the molecule is Cc1noc(C)c1S(=O)(=O)N1CCN(c2ccccc2[N+](=O)[O-])CC1. The van der Waals surface area contributed by atoms with Crippen LogP contribution < -0.4 is 4.90 Å². The second kappa shape index (κ2) is 6.45. The highest BCUT2D eigenvalue weighted by molar-refractivity contribution is 7.89. The summed E-state index contributed by atoms with van der Waals surface area (Å²) in [5.74, 6) is 0.263. The molecule has 1 fully saturated rings. The number of benzene rings is 1. The van der Waals surface area contributed by atoms with Crippen LogP contribution >= 0.6 is 0 Å². The number of hydrogen-bond donors (Lipinski definition) is 0. The number of nitro groups is 1. The second-order valence-electron chi connectivity index (χ2n) is 5.79. The Hall–Kier alpha value is -2.46. The van der Waals surface area contributed by atoms with Gasteiger partial charge in [-0.3, -0.25) is 10.1 Å². The molecule has 0 N–H and O–H groups in total. The number of para-hydroxylation sites is 2. The quantitative estimate of drug-likeness (QED) is 0.598. The maximum absolute atomic E-state index is 12.8. The summed E-state index contributed by atoms with van der Waals surface area (Å²) in [6, 6.07) is 6.47. The summed E-state index contributed by atoms with van der Waals surface area (Å²) >= 11 is 0. The molecule has 0 aliphatic carbocycles. The van der Waals surface area contributed by atoms with Crippen molar-refractivity contribution in [2.24, 2.45) is 0 Å². The fourth-order valence-electron chi connectivity index (χ4n) is 3.03. The lowest BCUT2D eigenvalue weighted by molar-refractivity contribution is -0.384. The maximum atomic E-state index is 12.8. The van der Waals surface area contributed by atoms with E-state index in [1.54, 1.807) is 32.0 Å². The van der Waals surface area contributed by atoms with Crippen molar-refractivity contribution < 1.29 is 17.9 Å². The second-order valence-corrected chi connectivity index (χ2v) is 7.67. The highest BCUT2D eigenvalue weighted by atomic mass is 32.2. The predicted molar refractivity (Wildman–Crippen MR) is 90.0 cm³/mol. The van der Waals surface area contributed by atoms with Crippen molar-refractivity contribution in [3.05, 3.63) is 45.8 Å². The van der Waals surface area contributed by atoms with Crippen LogP contribution in [0.25, 0.3) is 0 Å². The van der Waals surface area contributed by atoms with Gasteiger partial charge in [0.1, 0.15) is 16.3 Å². The molecule has 0 spiro atoms. The van der Waals surface area contributed by atoms with Gasteiger partial charge in [0.2, 0.25) is 10.0 Å². The molecule has 0 saturated carbocycles. The minimum Gasteiger partial charge on any atom is -0.363 e. The number of aromatic nitrogens is 1. The van der Waals surface area contributed by atoms with E-state index in [-0.39, 0.29) is 29.4 Å². The molecule has 0 unspecified atom stereocenters. The van der Waals surface area contributed by atoms with Crippen molar-refractivity contribution >= 4 is 21.4 Å². The molecule has 134 valence electrons. The Bertz CT molecular complexity index is 881. The van der Waals surface area contributed by atoms with Gasteiger partial charge in [-0.15, -0.1) is 0 Å². The van der Waals surface area contributed by atoms with Crippen molar-refractivity contribution in [3.63, 3.8) is 0 Å². The van der Waals surface area contributed by atoms with Gasteiger partial charge in [0.15, 0.2) is 5.76 Å². The van der Waals surface area contributed by atoms with Crippen LogP contribution in [0.4, 0.5) is 11.4 Å². The van der Waals surface area contributed by atoms with Gasteiger partial charge >= 0.3 is 0 Å². The van der Waals surface area contributed by atoms with E-state index in [9.17, 15) is 18.5 Å². The van der Waals surface area contributed by atoms with Gasteiger partial charge in [-0.1, -0.05) is 17.3 Å². The minimum atomic E-state index is -3.70. The normalized spacial score (nSPS) is 16.2. The topological polar surface area (TPSA) is 110 Å². The molecule has 2 heterocycles. The lowest BCUT2D eigenvalue weighted by Gasteiger charge is -2.34. The number of piperazine rings is 1. The Morgan fingerprint density at radius 2 is 1.80 bits per heavy atom. The molecule has 3 rings (SSSR count). The van der Waals surface area contributed by atoms with Crippen LogP contribution in [0.1, 0.15) is 11.5 Å². The Morgan fingerprint density at radius 1 is 1.16 bits per heavy atom. The summed E-state index contributed by atoms with van der Waals surface area (Å²) in [6.45, 7) is 4.36. The summed E-state index contributed by atoms with van der Waals surface area (Å²) in [7, 11) is -3.70. The highest BCUT2D eigenvalue weighted by Gasteiger charge is 2.34. The monoisotopic (exact) mass is 366 g/mol. The number of hydrogen-bond acceptors (Lipinski definition) is 7. The fraction of sp³-hybridized carbons (Fsp3) is 0.400. The van der Waals surface area contributed by atoms with E-state index in [4.69, 9.17) is 4.52 Å². The van der Waals surface area contributed by atoms with Gasteiger partial charge < -0.3 is 9.42 Å². The van der Waals surface area contributed by atoms with Gasteiger partial charge in [0, 0.05) is 32.2 Å². The van der Waals surface area contributed by atoms with Gasteiger partial charge in [0.05, 0.1) is 4.92 Å². The summed E-state index contributed by atoms with van der Waals surface area (Å²) < 4.78 is 31.9. The lowest BCUT2D eigenvalue weighted by atomic mass is 10.2. The van der Waals surface area contributed by atoms with E-state index in [2.05, 4.69) is 5.16 Å². The van der Waals surface area contributed by atoms with E-state index >= 15 is 0 Å². The van der Waals surface area contributed by atoms with Crippen molar-refractivity contribution in [1.29, 1.82) is 0 Å². The zero-order valence-electron chi connectivity index (χ0n) is 13.9. The van der Waals surface area contributed by atoms with E-state index in [0.717, 1.165) is 0 Å². The lowest BCUT2D eigenvalue weighted by Crippen LogP contribution is -2.49. The molecule has 0 amide bonds. The summed E-state index contributed by atoms with van der Waals surface area (Å²) in [5.41, 5.74) is 0.852. The molecule has 2 aromatic rings. The molecular weight excluding hydrogens is 348 g/mol. The number of sulfonamides is 1. The molecule has 9 nitrogen and oxygen atoms in total. The third-order valence-electron chi connectivity index (χ3n) is 4.22. The molecule has 1 saturated heterocycles. The Balaban J connectivity index is 1.80. The molecule has 1 aliphatic rings. The molecule has 0 atom stereocenters. The summed E-state index contributed by atoms with van der Waals surface area (Å²) in [5, 5.41) is 14.9. The molecule has 1 aliphatic heterocycles. The molecule has 25 heavy (non-hydrogen) atoms. The van der Waals surface area contributed by atoms with Crippen LogP contribution in [0.5, 0.6) is 0 Å². The van der Waals surface area contributed by atoms with Crippen molar-refractivity contribution in [3.8, 4) is 0 Å². The zero-order valence-corrected chi connectivity index (χ0v) is 14.7. The molecule has 0 bridgehead atoms. The van der Waals surface area contributed by atoms with Crippen molar-refractivity contribution in [1.82, 2.24) is 9.46 Å². The average Bonchev–Trinajstić information content (AvgIpc) is 2.94. The minimum absolute atomic E-state index is 0.0181. The van der Waals surface area contributed by atoms with Gasteiger partial charge in [0.25, 0.3) is 5.69 Å². The molecule has 1 aromatic heterocycles. The van der Waals surface area contributed by atoms with Crippen LogP contribution in [0.3, 0.4) is 0 Å². The van der Waals surface area contributed by atoms with Crippen molar-refractivity contribution in [2.75, 3.05) is 31.1 Å². The largest absolute Gasteiger partial charge is 0.363 e. The number of aryl methyl sites for hydroxylation is 2. The first-order chi connectivity index (χ1) is 11.8. The Kier molecular flexibility index (Phi) is 4.48. The third kappa shape index (κ3) is 3.10. The first-order valence-electron chi connectivity index (χ1n) is 7.73. The van der Waals surface area contributed by atoms with Gasteiger partial charge in [-0.05, 0) is 19.9 Å². The van der Waals surface area contributed by atoms with E-state index in [1.165, 1.54) is 10.4 Å². The molecule has 1 aromatic carbocycles. The predicted octanol–water partition coefficient (Wildman–Crippen LogP) is 1.71. The van der Waals surface area contributed by atoms with E-state index in [1.807, 2.05) is 4.90 Å². The van der Waals surface area contributed by atoms with Gasteiger partial charge in [-0.25, -0.2) is 8.42 Å². The average molecular weight is 366 g/mol. The van der Waals surface area contributed by atoms with Crippen LogP contribution in [-0.2, 0) is 10.0 Å².